The molecule has 308 valence electrons. The number of nitrogens with zero attached hydrogens (tertiary/aromatic N) is 1. The Bertz CT molecular complexity index is 3570. The zero-order valence-corrected chi connectivity index (χ0v) is 36.6. The highest BCUT2D eigenvalue weighted by atomic mass is 16.3. The molecule has 1 heterocycles. The summed E-state index contributed by atoms with van der Waals surface area (Å²) in [6.07, 6.45) is 0. The van der Waals surface area contributed by atoms with E-state index >= 15 is 0 Å². The fourth-order valence-corrected chi connectivity index (χ4v) is 9.81. The molecule has 12 rings (SSSR count). The van der Waals surface area contributed by atoms with Crippen LogP contribution in [0.3, 0.4) is 0 Å². The van der Waals surface area contributed by atoms with Gasteiger partial charge < -0.3 is 4.42 Å². The van der Waals surface area contributed by atoms with Gasteiger partial charge >= 0.3 is 0 Å². The van der Waals surface area contributed by atoms with E-state index in [1.165, 1.54) is 88.1 Å². The van der Waals surface area contributed by atoms with E-state index in [1.54, 1.807) is 0 Å². The van der Waals surface area contributed by atoms with Crippen LogP contribution in [0.1, 0.15) is 26.3 Å². The van der Waals surface area contributed by atoms with Gasteiger partial charge in [-0.25, -0.2) is 4.98 Å². The predicted octanol–water partition coefficient (Wildman–Crippen LogP) is 17.7. The summed E-state index contributed by atoms with van der Waals surface area (Å²) in [5.41, 5.74) is 18.1. The van der Waals surface area contributed by atoms with Gasteiger partial charge in [-0.2, -0.15) is 0 Å². The monoisotopic (exact) mass is 831 g/mol. The standard InChI is InChI=1S/C63H45NO/c1-63(2,3)49-31-36-59-58(37-49)64-62(65-59)57-39-56(48-29-23-45(24-30-48)42-17-11-6-12-18-42)52-33-32-50-54(46-25-19-43(20-26-46)40-13-7-4-8-14-40)38-55(51-34-35-53(57)61(52)60(50)51)47-27-21-44(22-28-47)41-15-9-5-10-16-41/h4-39H,1-3H3. The molecule has 0 bridgehead atoms. The van der Waals surface area contributed by atoms with Crippen LogP contribution in [0.2, 0.25) is 0 Å². The molecule has 2 nitrogen and oxygen atoms in total. The Morgan fingerprint density at radius 2 is 0.662 bits per heavy atom. The number of fused-ring (bicyclic) bond motifs is 1. The molecule has 12 aromatic rings. The van der Waals surface area contributed by atoms with Crippen LogP contribution in [-0.4, -0.2) is 4.98 Å². The van der Waals surface area contributed by atoms with Gasteiger partial charge in [0, 0.05) is 5.56 Å². The second kappa shape index (κ2) is 15.3. The Morgan fingerprint density at radius 1 is 0.323 bits per heavy atom. The summed E-state index contributed by atoms with van der Waals surface area (Å²) < 4.78 is 6.75. The van der Waals surface area contributed by atoms with Gasteiger partial charge in [0.15, 0.2) is 5.58 Å². The molecule has 1 aromatic heterocycles. The van der Waals surface area contributed by atoms with Gasteiger partial charge in [-0.05, 0) is 134 Å². The van der Waals surface area contributed by atoms with E-state index in [2.05, 4.69) is 239 Å². The molecule has 0 aliphatic heterocycles. The van der Waals surface area contributed by atoms with Gasteiger partial charge in [-0.3, -0.25) is 0 Å². The molecular weight excluding hydrogens is 787 g/mol. The van der Waals surface area contributed by atoms with E-state index in [4.69, 9.17) is 9.40 Å². The van der Waals surface area contributed by atoms with Gasteiger partial charge in [0.2, 0.25) is 5.89 Å². The highest BCUT2D eigenvalue weighted by Crippen LogP contribution is 2.49. The maximum Gasteiger partial charge on any atom is 0.227 e. The maximum absolute atomic E-state index is 6.75. The summed E-state index contributed by atoms with van der Waals surface area (Å²) in [7, 11) is 0. The first-order chi connectivity index (χ1) is 31.8. The van der Waals surface area contributed by atoms with Crippen molar-refractivity contribution in [1.29, 1.82) is 0 Å². The van der Waals surface area contributed by atoms with Crippen molar-refractivity contribution in [3.8, 4) is 78.2 Å². The number of oxazole rings is 1. The first kappa shape index (κ1) is 38.6. The molecule has 0 saturated heterocycles. The highest BCUT2D eigenvalue weighted by molar-refractivity contribution is 6.31. The van der Waals surface area contributed by atoms with Crippen LogP contribution in [0.25, 0.3) is 122 Å². The second-order valence-electron chi connectivity index (χ2n) is 18.3. The highest BCUT2D eigenvalue weighted by Gasteiger charge is 2.24. The molecule has 2 heteroatoms. The third-order valence-electron chi connectivity index (χ3n) is 13.3. The number of hydrogen-bond acceptors (Lipinski definition) is 2. The largest absolute Gasteiger partial charge is 0.436 e. The van der Waals surface area contributed by atoms with Crippen LogP contribution in [0.4, 0.5) is 0 Å². The third-order valence-corrected chi connectivity index (χ3v) is 13.3. The summed E-state index contributed by atoms with van der Waals surface area (Å²) in [5.74, 6) is 0.625. The maximum atomic E-state index is 6.75. The molecule has 0 radical (unpaired) electrons. The zero-order chi connectivity index (χ0) is 43.6. The molecular formula is C63H45NO. The summed E-state index contributed by atoms with van der Waals surface area (Å²) >= 11 is 0. The van der Waals surface area contributed by atoms with Crippen molar-refractivity contribution in [3.63, 3.8) is 0 Å². The minimum atomic E-state index is -0.0153. The molecule has 65 heavy (non-hydrogen) atoms. The van der Waals surface area contributed by atoms with Crippen molar-refractivity contribution >= 4 is 43.4 Å². The summed E-state index contributed by atoms with van der Waals surface area (Å²) in [5, 5.41) is 7.19. The topological polar surface area (TPSA) is 26.0 Å². The Kier molecular flexibility index (Phi) is 9.10. The lowest BCUT2D eigenvalue weighted by molar-refractivity contribution is 0.590. The van der Waals surface area contributed by atoms with E-state index in [1.807, 2.05) is 0 Å². The van der Waals surface area contributed by atoms with E-state index in [0.29, 0.717) is 5.89 Å². The molecule has 0 aliphatic carbocycles. The molecule has 0 unspecified atom stereocenters. The first-order valence-corrected chi connectivity index (χ1v) is 22.5. The zero-order valence-electron chi connectivity index (χ0n) is 36.6. The van der Waals surface area contributed by atoms with Crippen LogP contribution < -0.4 is 0 Å². The number of benzene rings is 11. The van der Waals surface area contributed by atoms with Gasteiger partial charge in [0.05, 0.1) is 0 Å². The van der Waals surface area contributed by atoms with Crippen LogP contribution in [0, 0.1) is 0 Å². The second-order valence-corrected chi connectivity index (χ2v) is 18.3. The Morgan fingerprint density at radius 3 is 1.05 bits per heavy atom. The molecule has 0 aliphatic rings. The van der Waals surface area contributed by atoms with Crippen LogP contribution in [-0.2, 0) is 5.41 Å². The van der Waals surface area contributed by atoms with Crippen molar-refractivity contribution in [1.82, 2.24) is 4.98 Å². The van der Waals surface area contributed by atoms with Gasteiger partial charge in [-0.1, -0.05) is 215 Å². The molecule has 11 aromatic carbocycles. The average Bonchev–Trinajstić information content (AvgIpc) is 3.80. The Hall–Kier alpha value is -8.07. The van der Waals surface area contributed by atoms with E-state index in [0.717, 1.165) is 33.2 Å². The van der Waals surface area contributed by atoms with Crippen LogP contribution in [0.5, 0.6) is 0 Å². The lowest BCUT2D eigenvalue weighted by Crippen LogP contribution is -2.10. The summed E-state index contributed by atoms with van der Waals surface area (Å²) in [4.78, 5) is 5.26. The van der Waals surface area contributed by atoms with E-state index in [9.17, 15) is 0 Å². The van der Waals surface area contributed by atoms with Crippen LogP contribution >= 0.6 is 0 Å². The van der Waals surface area contributed by atoms with Crippen molar-refractivity contribution < 1.29 is 4.42 Å². The fraction of sp³-hybridized carbons (Fsp3) is 0.0635. The van der Waals surface area contributed by atoms with E-state index < -0.39 is 0 Å². The number of aromatic nitrogens is 1. The Labute approximate surface area is 379 Å². The number of rotatable bonds is 7. The summed E-state index contributed by atoms with van der Waals surface area (Å²) in [6.45, 7) is 6.72. The molecule has 0 spiro atoms. The average molecular weight is 832 g/mol. The van der Waals surface area contributed by atoms with Crippen molar-refractivity contribution in [2.45, 2.75) is 26.2 Å². The SMILES string of the molecule is CC(C)(C)c1ccc2oc(-c3cc(-c4ccc(-c5ccccc5)cc4)c4ccc5c(-c6ccc(-c7ccccc7)cc6)cc(-c6ccc(-c7ccccc7)cc6)c6ccc3c4c56)nc2c1. The van der Waals surface area contributed by atoms with Gasteiger partial charge in [-0.15, -0.1) is 0 Å². The lowest BCUT2D eigenvalue weighted by Gasteiger charge is -2.21. The summed E-state index contributed by atoms with van der Waals surface area (Å²) in [6, 6.07) is 79.5. The lowest BCUT2D eigenvalue weighted by atomic mass is 9.82. The van der Waals surface area contributed by atoms with Crippen LogP contribution in [0.15, 0.2) is 223 Å². The van der Waals surface area contributed by atoms with Gasteiger partial charge in [0.25, 0.3) is 0 Å². The molecule has 0 N–H and O–H groups in total. The fourth-order valence-electron chi connectivity index (χ4n) is 9.81. The smallest absolute Gasteiger partial charge is 0.227 e. The Balaban J connectivity index is 1.13. The third kappa shape index (κ3) is 6.78. The minimum Gasteiger partial charge on any atom is -0.436 e. The van der Waals surface area contributed by atoms with Crippen molar-refractivity contribution in [2.24, 2.45) is 0 Å². The normalized spacial score (nSPS) is 11.9. The first-order valence-electron chi connectivity index (χ1n) is 22.5. The quantitative estimate of drug-likeness (QED) is 0.150. The predicted molar refractivity (Wildman–Crippen MR) is 274 cm³/mol. The minimum absolute atomic E-state index is 0.0153. The van der Waals surface area contributed by atoms with Gasteiger partial charge in [0.1, 0.15) is 5.52 Å². The molecule has 0 fully saturated rings. The van der Waals surface area contributed by atoms with Crippen molar-refractivity contribution in [2.75, 3.05) is 0 Å². The number of hydrogen-bond donors (Lipinski definition) is 0. The molecule has 0 amide bonds. The molecule has 0 atom stereocenters. The molecule has 0 saturated carbocycles. The van der Waals surface area contributed by atoms with E-state index in [-0.39, 0.29) is 5.41 Å². The van der Waals surface area contributed by atoms with Crippen molar-refractivity contribution in [3.05, 3.63) is 224 Å².